The van der Waals surface area contributed by atoms with Crippen LogP contribution in [0.4, 0.5) is 0 Å². The van der Waals surface area contributed by atoms with Crippen LogP contribution in [-0.2, 0) is 23.8 Å². The van der Waals surface area contributed by atoms with Crippen molar-refractivity contribution in [3.05, 3.63) is 0 Å². The molecule has 0 aromatic heterocycles. The summed E-state index contributed by atoms with van der Waals surface area (Å²) in [6, 6.07) is 0. The highest BCUT2D eigenvalue weighted by molar-refractivity contribution is 5.86. The Kier molecular flexibility index (Phi) is 2.75. The van der Waals surface area contributed by atoms with Gasteiger partial charge in [0.15, 0.2) is 17.7 Å². The highest BCUT2D eigenvalue weighted by Crippen LogP contribution is 2.35. The number of carbonyl (C=O) groups excluding carboxylic acids is 2. The largest absolute Gasteiger partial charge is 0.454 e. The van der Waals surface area contributed by atoms with Crippen LogP contribution in [-0.4, -0.2) is 36.9 Å². The minimum atomic E-state index is -0.700. The van der Waals surface area contributed by atoms with Gasteiger partial charge in [-0.15, -0.1) is 0 Å². The van der Waals surface area contributed by atoms with Gasteiger partial charge in [0.1, 0.15) is 0 Å². The second-order valence-corrected chi connectivity index (χ2v) is 3.88. The van der Waals surface area contributed by atoms with E-state index in [0.717, 1.165) is 0 Å². The number of ether oxygens (including phenoxy) is 3. The lowest BCUT2D eigenvalue weighted by atomic mass is 9.90. The molecule has 15 heavy (non-hydrogen) atoms. The van der Waals surface area contributed by atoms with Crippen LogP contribution in [0.25, 0.3) is 0 Å². The maximum absolute atomic E-state index is 11.5. The first-order valence-corrected chi connectivity index (χ1v) is 5.09. The summed E-state index contributed by atoms with van der Waals surface area (Å²) in [6.45, 7) is 2.38. The first kappa shape index (κ1) is 10.6. The third kappa shape index (κ3) is 2.18. The minimum absolute atomic E-state index is 0.0464. The first-order valence-electron chi connectivity index (χ1n) is 5.09. The van der Waals surface area contributed by atoms with Gasteiger partial charge in [-0.25, -0.2) is 0 Å². The van der Waals surface area contributed by atoms with Gasteiger partial charge in [-0.2, -0.15) is 0 Å². The van der Waals surface area contributed by atoms with Crippen molar-refractivity contribution in [1.82, 2.24) is 0 Å². The van der Waals surface area contributed by atoms with E-state index in [9.17, 15) is 9.59 Å². The van der Waals surface area contributed by atoms with Crippen molar-refractivity contribution in [1.29, 1.82) is 0 Å². The maximum atomic E-state index is 11.5. The zero-order valence-corrected chi connectivity index (χ0v) is 8.65. The smallest absolute Gasteiger partial charge is 0.303 e. The molecule has 0 aromatic carbocycles. The fourth-order valence-corrected chi connectivity index (χ4v) is 2.04. The van der Waals surface area contributed by atoms with Crippen LogP contribution in [0.5, 0.6) is 0 Å². The number of hydrogen-bond donors (Lipinski definition) is 0. The molecule has 2 rings (SSSR count). The second-order valence-electron chi connectivity index (χ2n) is 3.88. The number of carbonyl (C=O) groups is 2. The van der Waals surface area contributed by atoms with Crippen LogP contribution in [0.3, 0.4) is 0 Å². The Labute approximate surface area is 87.7 Å². The SMILES string of the molecule is CC(=O)OC1CC2(CCC1=O)OCCO2. The summed E-state index contributed by atoms with van der Waals surface area (Å²) in [4.78, 5) is 22.3. The number of ketones is 1. The Morgan fingerprint density at radius 3 is 2.73 bits per heavy atom. The lowest BCUT2D eigenvalue weighted by Gasteiger charge is -2.34. The molecule has 1 aliphatic heterocycles. The monoisotopic (exact) mass is 214 g/mol. The number of hydrogen-bond acceptors (Lipinski definition) is 5. The van der Waals surface area contributed by atoms with Gasteiger partial charge in [0.25, 0.3) is 0 Å². The standard InChI is InChI=1S/C10H14O5/c1-7(11)15-9-6-10(3-2-8(9)12)13-4-5-14-10/h9H,2-6H2,1H3. The van der Waals surface area contributed by atoms with Crippen molar-refractivity contribution < 1.29 is 23.8 Å². The van der Waals surface area contributed by atoms with Gasteiger partial charge in [0.2, 0.25) is 0 Å². The highest BCUT2D eigenvalue weighted by atomic mass is 16.7. The molecule has 1 aliphatic carbocycles. The van der Waals surface area contributed by atoms with Crippen LogP contribution in [0, 0.1) is 0 Å². The molecule has 0 radical (unpaired) electrons. The third-order valence-electron chi connectivity index (χ3n) is 2.73. The quantitative estimate of drug-likeness (QED) is 0.592. The van der Waals surface area contributed by atoms with Crippen molar-refractivity contribution in [2.45, 2.75) is 38.1 Å². The van der Waals surface area contributed by atoms with Crippen LogP contribution in [0.15, 0.2) is 0 Å². The fraction of sp³-hybridized carbons (Fsp3) is 0.800. The van der Waals surface area contributed by atoms with Crippen molar-refractivity contribution >= 4 is 11.8 Å². The van der Waals surface area contributed by atoms with Crippen molar-refractivity contribution in [3.63, 3.8) is 0 Å². The van der Waals surface area contributed by atoms with E-state index < -0.39 is 17.9 Å². The predicted octanol–water partition coefficient (Wildman–Crippen LogP) is 0.414. The van der Waals surface area contributed by atoms with E-state index in [1.165, 1.54) is 6.92 Å². The Hall–Kier alpha value is -0.940. The zero-order chi connectivity index (χ0) is 10.9. The number of esters is 1. The summed E-state index contributed by atoms with van der Waals surface area (Å²) in [5.41, 5.74) is 0. The fourth-order valence-electron chi connectivity index (χ4n) is 2.04. The summed E-state index contributed by atoms with van der Waals surface area (Å²) in [5, 5.41) is 0. The molecule has 0 bridgehead atoms. The van der Waals surface area contributed by atoms with Crippen molar-refractivity contribution in [2.75, 3.05) is 13.2 Å². The highest BCUT2D eigenvalue weighted by Gasteiger charge is 2.45. The van der Waals surface area contributed by atoms with Gasteiger partial charge in [-0.1, -0.05) is 0 Å². The Bertz CT molecular complexity index is 280. The topological polar surface area (TPSA) is 61.8 Å². The molecule has 2 aliphatic rings. The number of rotatable bonds is 1. The van der Waals surface area contributed by atoms with Crippen molar-refractivity contribution in [3.8, 4) is 0 Å². The van der Waals surface area contributed by atoms with E-state index in [-0.39, 0.29) is 5.78 Å². The molecule has 0 amide bonds. The molecule has 5 heteroatoms. The molecule has 1 unspecified atom stereocenters. The Morgan fingerprint density at radius 2 is 2.13 bits per heavy atom. The average molecular weight is 214 g/mol. The summed E-state index contributed by atoms with van der Waals surface area (Å²) < 4.78 is 15.9. The molecule has 0 aromatic rings. The van der Waals surface area contributed by atoms with E-state index in [1.54, 1.807) is 0 Å². The van der Waals surface area contributed by atoms with E-state index in [1.807, 2.05) is 0 Å². The van der Waals surface area contributed by atoms with Gasteiger partial charge in [0.05, 0.1) is 13.2 Å². The first-order chi connectivity index (χ1) is 7.11. The molecular weight excluding hydrogens is 200 g/mol. The maximum Gasteiger partial charge on any atom is 0.303 e. The van der Waals surface area contributed by atoms with Gasteiger partial charge in [0, 0.05) is 26.2 Å². The van der Waals surface area contributed by atoms with Gasteiger partial charge < -0.3 is 14.2 Å². The molecule has 1 atom stereocenters. The summed E-state index contributed by atoms with van der Waals surface area (Å²) in [7, 11) is 0. The molecular formula is C10H14O5. The molecule has 1 saturated heterocycles. The second kappa shape index (κ2) is 3.90. The van der Waals surface area contributed by atoms with Crippen molar-refractivity contribution in [2.24, 2.45) is 0 Å². The molecule has 84 valence electrons. The van der Waals surface area contributed by atoms with E-state index in [0.29, 0.717) is 32.5 Å². The lowest BCUT2D eigenvalue weighted by Crippen LogP contribution is -2.44. The number of Topliss-reactive ketones (excluding diaryl/α,β-unsaturated/α-hetero) is 1. The summed E-state index contributed by atoms with van der Waals surface area (Å²) in [6.07, 6.45) is 0.529. The third-order valence-corrected chi connectivity index (χ3v) is 2.73. The minimum Gasteiger partial charge on any atom is -0.454 e. The molecule has 0 N–H and O–H groups in total. The summed E-state index contributed by atoms with van der Waals surface area (Å²) in [5.74, 6) is -1.17. The van der Waals surface area contributed by atoms with E-state index >= 15 is 0 Å². The van der Waals surface area contributed by atoms with E-state index in [2.05, 4.69) is 0 Å². The molecule has 2 fully saturated rings. The van der Waals surface area contributed by atoms with Gasteiger partial charge in [-0.3, -0.25) is 9.59 Å². The summed E-state index contributed by atoms with van der Waals surface area (Å²) >= 11 is 0. The molecule has 1 heterocycles. The molecule has 1 saturated carbocycles. The molecule has 1 spiro atoms. The van der Waals surface area contributed by atoms with Crippen LogP contribution >= 0.6 is 0 Å². The Morgan fingerprint density at radius 1 is 1.47 bits per heavy atom. The van der Waals surface area contributed by atoms with Crippen LogP contribution in [0.1, 0.15) is 26.2 Å². The lowest BCUT2D eigenvalue weighted by molar-refractivity contribution is -0.202. The zero-order valence-electron chi connectivity index (χ0n) is 8.65. The van der Waals surface area contributed by atoms with Gasteiger partial charge >= 0.3 is 5.97 Å². The van der Waals surface area contributed by atoms with Crippen LogP contribution in [0.2, 0.25) is 0 Å². The normalized spacial score (nSPS) is 29.4. The Balaban J connectivity index is 2.03. The van der Waals surface area contributed by atoms with E-state index in [4.69, 9.17) is 14.2 Å². The average Bonchev–Trinajstić information content (AvgIpc) is 2.60. The molecule has 5 nitrogen and oxygen atoms in total. The van der Waals surface area contributed by atoms with Crippen LogP contribution < -0.4 is 0 Å². The van der Waals surface area contributed by atoms with Gasteiger partial charge in [-0.05, 0) is 0 Å². The predicted molar refractivity (Wildman–Crippen MR) is 49.0 cm³/mol.